The number of carboxylic acid groups (broad SMARTS) is 1. The van der Waals surface area contributed by atoms with Gasteiger partial charge < -0.3 is 45.2 Å². The van der Waals surface area contributed by atoms with E-state index in [2.05, 4.69) is 37.4 Å². The number of allylic oxidation sites excluding steroid dienone is 7. The minimum absolute atomic E-state index is 0.0693. The molecule has 8 N–H and O–H groups in total. The van der Waals surface area contributed by atoms with Crippen LogP contribution in [0.15, 0.2) is 48.6 Å². The molecule has 0 aliphatic carbocycles. The van der Waals surface area contributed by atoms with Crippen LogP contribution < -0.4 is 5.73 Å². The molecule has 0 rings (SSSR count). The lowest BCUT2D eigenvalue weighted by molar-refractivity contribution is -0.161. The lowest BCUT2D eigenvalue weighted by atomic mass is 10.0. The Kier molecular flexibility index (Phi) is 40.2. The standard InChI is InChI=1S/C47H85NO16P2S/c1-4-5-6-7-8-9-10-14-17-20-23-26-31-44(43(50)30-28-32-45(51)52)67-38-42(48)47(54)64-41(37-63-66(58,59)62-35-40(49)34-61-65(55,56)57)36-60-46(53)33-27-24-21-18-15-12-11-13-16-19-22-25-29-39(2)3/h8-9,14,17,20,23,26,31,39-44,49-50H,4-7,10-13,15-16,18-19,21-22,24-25,27-30,32-38,48H2,1-3H3,(H,51,52)(H,58,59)(H2,55,56,57)/b9-8-,17-14-,23-20+,31-26+/t40-,41+,42-,43-,44+/m0/s1. The summed E-state index contributed by atoms with van der Waals surface area (Å²) in [6.07, 6.45) is 31.6. The zero-order chi connectivity index (χ0) is 50.2. The van der Waals surface area contributed by atoms with E-state index >= 15 is 0 Å². The number of ether oxygens (including phenoxy) is 2. The number of aliphatic hydroxyl groups excluding tert-OH is 2. The molecule has 6 atom stereocenters. The monoisotopic (exact) mass is 1010 g/mol. The highest BCUT2D eigenvalue weighted by Gasteiger charge is 2.30. The van der Waals surface area contributed by atoms with Gasteiger partial charge in [-0.05, 0) is 44.4 Å². The normalized spacial score (nSPS) is 15.7. The minimum Gasteiger partial charge on any atom is -0.481 e. The third-order valence-corrected chi connectivity index (χ3v) is 13.0. The number of hydrogen-bond acceptors (Lipinski definition) is 14. The van der Waals surface area contributed by atoms with Gasteiger partial charge in [-0.3, -0.25) is 28.0 Å². The maximum absolute atomic E-state index is 13.2. The van der Waals surface area contributed by atoms with E-state index in [-0.39, 0.29) is 31.4 Å². The molecule has 1 unspecified atom stereocenters. The number of aliphatic hydroxyl groups is 2. The Hall–Kier alpha value is -2.18. The first-order chi connectivity index (χ1) is 31.8. The number of carbonyl (C=O) groups is 3. The smallest absolute Gasteiger partial charge is 0.472 e. The van der Waals surface area contributed by atoms with Gasteiger partial charge in [-0.25, -0.2) is 9.13 Å². The second-order valence-electron chi connectivity index (χ2n) is 17.1. The molecule has 17 nitrogen and oxygen atoms in total. The molecule has 0 aliphatic heterocycles. The molecule has 67 heavy (non-hydrogen) atoms. The van der Waals surface area contributed by atoms with Crippen molar-refractivity contribution in [2.75, 3.05) is 32.2 Å². The van der Waals surface area contributed by atoms with E-state index in [4.69, 9.17) is 39.1 Å². The van der Waals surface area contributed by atoms with Gasteiger partial charge in [0.15, 0.2) is 6.10 Å². The molecule has 0 heterocycles. The second-order valence-corrected chi connectivity index (χ2v) is 21.0. The lowest BCUT2D eigenvalue weighted by Crippen LogP contribution is -2.40. The molecule has 0 saturated carbocycles. The first-order valence-corrected chi connectivity index (χ1v) is 28.2. The molecule has 0 saturated heterocycles. The van der Waals surface area contributed by atoms with E-state index in [1.54, 1.807) is 18.2 Å². The van der Waals surface area contributed by atoms with E-state index in [1.165, 1.54) is 70.6 Å². The third-order valence-electron chi connectivity index (χ3n) is 10.1. The predicted octanol–water partition coefficient (Wildman–Crippen LogP) is 9.40. The molecule has 0 amide bonds. The topological polar surface area (TPSA) is 279 Å². The number of hydrogen-bond donors (Lipinski definition) is 7. The van der Waals surface area contributed by atoms with Crippen LogP contribution in [0.25, 0.3) is 0 Å². The Bertz CT molecular complexity index is 1510. The molecule has 390 valence electrons. The van der Waals surface area contributed by atoms with Crippen LogP contribution in [0.5, 0.6) is 0 Å². The molecule has 0 aromatic rings. The van der Waals surface area contributed by atoms with Gasteiger partial charge in [0.1, 0.15) is 18.8 Å². The van der Waals surface area contributed by atoms with E-state index in [1.807, 2.05) is 18.2 Å². The lowest BCUT2D eigenvalue weighted by Gasteiger charge is -2.23. The van der Waals surface area contributed by atoms with Crippen molar-refractivity contribution in [1.82, 2.24) is 0 Å². The fourth-order valence-corrected chi connectivity index (χ4v) is 8.59. The third kappa shape index (κ3) is 43.6. The summed E-state index contributed by atoms with van der Waals surface area (Å²) in [7, 11) is -9.90. The number of aliphatic carboxylic acids is 1. The molecular formula is C47H85NO16P2S. The summed E-state index contributed by atoms with van der Waals surface area (Å²) in [5, 5.41) is 29.2. The number of phosphoric acid groups is 2. The summed E-state index contributed by atoms with van der Waals surface area (Å²) in [5.41, 5.74) is 6.19. The predicted molar refractivity (Wildman–Crippen MR) is 263 cm³/mol. The zero-order valence-corrected chi connectivity index (χ0v) is 42.9. The summed E-state index contributed by atoms with van der Waals surface area (Å²) in [5.74, 6) is -1.86. The van der Waals surface area contributed by atoms with Crippen LogP contribution in [0, 0.1) is 5.92 Å². The van der Waals surface area contributed by atoms with Gasteiger partial charge in [0.05, 0.1) is 25.9 Å². The van der Waals surface area contributed by atoms with Crippen molar-refractivity contribution >= 4 is 45.3 Å². The summed E-state index contributed by atoms with van der Waals surface area (Å²) in [4.78, 5) is 64.8. The average molecular weight is 1010 g/mol. The number of unbranched alkanes of at least 4 members (excludes halogenated alkanes) is 14. The van der Waals surface area contributed by atoms with E-state index in [0.29, 0.717) is 6.42 Å². The van der Waals surface area contributed by atoms with Gasteiger partial charge in [0.2, 0.25) is 0 Å². The molecule has 0 radical (unpaired) electrons. The maximum Gasteiger partial charge on any atom is 0.472 e. The largest absolute Gasteiger partial charge is 0.481 e. The van der Waals surface area contributed by atoms with Crippen molar-refractivity contribution in [1.29, 1.82) is 0 Å². The second kappa shape index (κ2) is 41.6. The summed E-state index contributed by atoms with van der Waals surface area (Å²) in [6, 6.07) is -1.29. The maximum atomic E-state index is 13.2. The molecule has 0 aliphatic rings. The molecule has 0 spiro atoms. The molecule has 0 bridgehead atoms. The number of thioether (sulfide) groups is 1. The minimum atomic E-state index is -4.97. The first kappa shape index (κ1) is 64.8. The SMILES string of the molecule is CCCCC/C=C\C\C=C/C=C/C=C/[C@@H](SC[C@H](N)C(=O)O[C@H](COC(=O)CCCCCCCCCCCCCCC(C)C)COP(=O)(O)OC[C@@H](O)COP(=O)(O)O)[C@@H](O)CCCC(=O)O. The van der Waals surface area contributed by atoms with Gasteiger partial charge in [-0.15, -0.1) is 11.8 Å². The van der Waals surface area contributed by atoms with Crippen molar-refractivity contribution in [2.24, 2.45) is 11.7 Å². The van der Waals surface area contributed by atoms with Crippen LogP contribution in [0.3, 0.4) is 0 Å². The van der Waals surface area contributed by atoms with Gasteiger partial charge >= 0.3 is 33.6 Å². The van der Waals surface area contributed by atoms with Crippen LogP contribution >= 0.6 is 27.4 Å². The highest BCUT2D eigenvalue weighted by Crippen LogP contribution is 2.44. The van der Waals surface area contributed by atoms with Crippen LogP contribution in [0.4, 0.5) is 0 Å². The van der Waals surface area contributed by atoms with Gasteiger partial charge in [-0.2, -0.15) is 0 Å². The number of rotatable bonds is 45. The van der Waals surface area contributed by atoms with Gasteiger partial charge in [0, 0.05) is 23.8 Å². The number of carboxylic acids is 1. The number of phosphoric ester groups is 2. The van der Waals surface area contributed by atoms with Crippen LogP contribution in [0.2, 0.25) is 0 Å². The quantitative estimate of drug-likeness (QED) is 0.00983. The highest BCUT2D eigenvalue weighted by atomic mass is 32.2. The Balaban J connectivity index is 5.36. The van der Waals surface area contributed by atoms with E-state index < -0.39 is 89.6 Å². The van der Waals surface area contributed by atoms with Crippen LogP contribution in [0.1, 0.15) is 162 Å². The van der Waals surface area contributed by atoms with Gasteiger partial charge in [0.25, 0.3) is 0 Å². The van der Waals surface area contributed by atoms with E-state index in [0.717, 1.165) is 56.2 Å². The van der Waals surface area contributed by atoms with Gasteiger partial charge in [-0.1, -0.05) is 159 Å². The molecule has 20 heteroatoms. The first-order valence-electron chi connectivity index (χ1n) is 24.1. The summed E-state index contributed by atoms with van der Waals surface area (Å²) in [6.45, 7) is 3.47. The number of carbonyl (C=O) groups excluding carboxylic acids is 2. The van der Waals surface area contributed by atoms with Crippen molar-refractivity contribution in [3.63, 3.8) is 0 Å². The number of esters is 2. The average Bonchev–Trinajstić information content (AvgIpc) is 3.26. The van der Waals surface area contributed by atoms with Crippen LogP contribution in [-0.4, -0.2) is 110 Å². The fourth-order valence-electron chi connectivity index (χ4n) is 6.31. The van der Waals surface area contributed by atoms with Crippen LogP contribution in [-0.2, 0) is 46.6 Å². The molecule has 0 aromatic heterocycles. The zero-order valence-electron chi connectivity index (χ0n) is 40.3. The Morgan fingerprint density at radius 1 is 0.672 bits per heavy atom. The fraction of sp³-hybridized carbons (Fsp3) is 0.766. The number of nitrogens with two attached hydrogens (primary N) is 1. The van der Waals surface area contributed by atoms with Crippen molar-refractivity contribution in [3.05, 3.63) is 48.6 Å². The molecule has 0 aromatic carbocycles. The van der Waals surface area contributed by atoms with Crippen molar-refractivity contribution < 1.29 is 76.6 Å². The highest BCUT2D eigenvalue weighted by molar-refractivity contribution is 8.00. The Labute approximate surface area is 404 Å². The summed E-state index contributed by atoms with van der Waals surface area (Å²) >= 11 is 1.13. The Morgan fingerprint density at radius 3 is 1.88 bits per heavy atom. The van der Waals surface area contributed by atoms with Crippen molar-refractivity contribution in [3.8, 4) is 0 Å². The molecular weight excluding hydrogens is 929 g/mol. The van der Waals surface area contributed by atoms with Crippen molar-refractivity contribution in [2.45, 2.75) is 192 Å². The Morgan fingerprint density at radius 2 is 1.27 bits per heavy atom. The summed E-state index contributed by atoms with van der Waals surface area (Å²) < 4.78 is 48.1. The molecule has 0 fully saturated rings. The van der Waals surface area contributed by atoms with E-state index in [9.17, 15) is 38.6 Å².